The number of hydrogen-bond donors (Lipinski definition) is 2. The Balaban J connectivity index is 0.00000300. The van der Waals surface area contributed by atoms with Crippen LogP contribution in [-0.2, 0) is 16.1 Å². The number of hydrogen-bond acceptors (Lipinski definition) is 6. The van der Waals surface area contributed by atoms with E-state index in [-0.39, 0.29) is 48.4 Å². The molecular weight excluding hydrogens is 400 g/mol. The lowest BCUT2D eigenvalue weighted by atomic mass is 9.97. The standard InChI is InChI=1S/C18H28N6O4.ClH/c1-13-21-16(24(27)28)12-22(13)9-6-17(25)23-8-3-4-14(11-23)10-20-18(26)15-5-2-7-19-15;/h12,14-15,19H,2-11H2,1H3,(H,20,26);1H. The molecule has 0 spiro atoms. The van der Waals surface area contributed by atoms with Crippen LogP contribution < -0.4 is 10.6 Å². The molecule has 2 amide bonds. The molecule has 3 rings (SSSR count). The summed E-state index contributed by atoms with van der Waals surface area (Å²) in [4.78, 5) is 40.7. The lowest BCUT2D eigenvalue weighted by molar-refractivity contribution is -0.389. The molecule has 0 aromatic carbocycles. The van der Waals surface area contributed by atoms with Crippen molar-refractivity contribution in [3.63, 3.8) is 0 Å². The summed E-state index contributed by atoms with van der Waals surface area (Å²) in [6.45, 7) is 4.90. The number of piperidine rings is 1. The minimum absolute atomic E-state index is 0. The molecule has 2 N–H and O–H groups in total. The van der Waals surface area contributed by atoms with E-state index in [0.29, 0.717) is 25.5 Å². The summed E-state index contributed by atoms with van der Waals surface area (Å²) in [7, 11) is 0. The van der Waals surface area contributed by atoms with Gasteiger partial charge in [-0.2, -0.15) is 0 Å². The lowest BCUT2D eigenvalue weighted by Gasteiger charge is -2.33. The summed E-state index contributed by atoms with van der Waals surface area (Å²) in [5, 5.41) is 17.0. The van der Waals surface area contributed by atoms with Crippen LogP contribution in [0.5, 0.6) is 0 Å². The van der Waals surface area contributed by atoms with Crippen LogP contribution in [0, 0.1) is 23.0 Å². The summed E-state index contributed by atoms with van der Waals surface area (Å²) >= 11 is 0. The number of aryl methyl sites for hydroxylation is 2. The fourth-order valence-electron chi connectivity index (χ4n) is 3.91. The third-order valence-corrected chi connectivity index (χ3v) is 5.53. The Hall–Kier alpha value is -2.20. The number of carbonyl (C=O) groups is 2. The topological polar surface area (TPSA) is 122 Å². The van der Waals surface area contributed by atoms with Crippen molar-refractivity contribution >= 4 is 30.0 Å². The smallest absolute Gasteiger partial charge is 0.358 e. The van der Waals surface area contributed by atoms with Crippen molar-refractivity contribution in [3.05, 3.63) is 22.1 Å². The predicted molar refractivity (Wildman–Crippen MR) is 109 cm³/mol. The third kappa shape index (κ3) is 6.14. The molecule has 2 atom stereocenters. The zero-order valence-electron chi connectivity index (χ0n) is 16.6. The van der Waals surface area contributed by atoms with E-state index in [4.69, 9.17) is 0 Å². The Morgan fingerprint density at radius 2 is 2.17 bits per heavy atom. The van der Waals surface area contributed by atoms with Gasteiger partial charge in [-0.05, 0) is 48.1 Å². The number of likely N-dealkylation sites (tertiary alicyclic amines) is 1. The first-order chi connectivity index (χ1) is 13.4. The predicted octanol–water partition coefficient (Wildman–Crippen LogP) is 1.02. The number of amides is 2. The summed E-state index contributed by atoms with van der Waals surface area (Å²) in [5.41, 5.74) is 0. The molecule has 1 aromatic heterocycles. The molecule has 2 aliphatic heterocycles. The van der Waals surface area contributed by atoms with Gasteiger partial charge in [0.05, 0.1) is 6.04 Å². The van der Waals surface area contributed by atoms with Crippen molar-refractivity contribution in [2.45, 2.75) is 51.6 Å². The minimum atomic E-state index is -0.532. The van der Waals surface area contributed by atoms with Crippen LogP contribution in [-0.4, -0.2) is 63.4 Å². The Morgan fingerprint density at radius 1 is 1.38 bits per heavy atom. The molecular formula is C18H29ClN6O4. The van der Waals surface area contributed by atoms with Crippen LogP contribution in [0.4, 0.5) is 5.82 Å². The Bertz CT molecular complexity index is 734. The van der Waals surface area contributed by atoms with E-state index in [9.17, 15) is 19.7 Å². The number of rotatable bonds is 7. The normalized spacial score (nSPS) is 21.5. The number of nitrogens with one attached hydrogen (secondary N) is 2. The van der Waals surface area contributed by atoms with Gasteiger partial charge in [0.15, 0.2) is 0 Å². The molecule has 1 aromatic rings. The zero-order valence-corrected chi connectivity index (χ0v) is 17.4. The average Bonchev–Trinajstić information content (AvgIpc) is 3.34. The summed E-state index contributed by atoms with van der Waals surface area (Å²) in [6.07, 6.45) is 5.47. The van der Waals surface area contributed by atoms with E-state index in [1.807, 2.05) is 4.90 Å². The first-order valence-corrected chi connectivity index (χ1v) is 9.91. The number of carbonyl (C=O) groups excluding carboxylic acids is 2. The van der Waals surface area contributed by atoms with Gasteiger partial charge >= 0.3 is 5.82 Å². The van der Waals surface area contributed by atoms with Gasteiger partial charge < -0.3 is 30.2 Å². The van der Waals surface area contributed by atoms with E-state index < -0.39 is 4.92 Å². The highest BCUT2D eigenvalue weighted by atomic mass is 35.5. The van der Waals surface area contributed by atoms with Gasteiger partial charge in [-0.3, -0.25) is 9.59 Å². The van der Waals surface area contributed by atoms with Crippen LogP contribution in [0.15, 0.2) is 6.20 Å². The summed E-state index contributed by atoms with van der Waals surface area (Å²) in [5.74, 6) is 0.677. The first kappa shape index (κ1) is 23.1. The zero-order chi connectivity index (χ0) is 20.1. The van der Waals surface area contributed by atoms with Crippen molar-refractivity contribution < 1.29 is 14.5 Å². The number of nitrogens with zero attached hydrogens (tertiary/aromatic N) is 4. The Kier molecular flexibility index (Phi) is 8.39. The van der Waals surface area contributed by atoms with Gasteiger partial charge in [0, 0.05) is 39.5 Å². The molecule has 2 fully saturated rings. The van der Waals surface area contributed by atoms with Gasteiger partial charge in [-0.25, -0.2) is 0 Å². The van der Waals surface area contributed by atoms with Gasteiger partial charge in [0.1, 0.15) is 6.20 Å². The third-order valence-electron chi connectivity index (χ3n) is 5.53. The quantitative estimate of drug-likeness (QED) is 0.493. The number of nitro groups is 1. The molecule has 0 saturated carbocycles. The number of aromatic nitrogens is 2. The van der Waals surface area contributed by atoms with E-state index in [0.717, 1.165) is 38.8 Å². The SMILES string of the molecule is Cc1nc([N+](=O)[O-])cn1CCC(=O)N1CCCC(CNC(=O)C2CCCN2)C1.Cl. The Morgan fingerprint density at radius 3 is 2.83 bits per heavy atom. The van der Waals surface area contributed by atoms with Crippen molar-refractivity contribution in [1.29, 1.82) is 0 Å². The average molecular weight is 429 g/mol. The number of halogens is 1. The minimum Gasteiger partial charge on any atom is -0.358 e. The van der Waals surface area contributed by atoms with Gasteiger partial charge in [0.2, 0.25) is 17.6 Å². The molecule has 0 bridgehead atoms. The molecule has 0 radical (unpaired) electrons. The maximum absolute atomic E-state index is 12.6. The van der Waals surface area contributed by atoms with E-state index in [1.54, 1.807) is 11.5 Å². The van der Waals surface area contributed by atoms with Crippen LogP contribution in [0.1, 0.15) is 37.9 Å². The van der Waals surface area contributed by atoms with Crippen LogP contribution in [0.2, 0.25) is 0 Å². The van der Waals surface area contributed by atoms with Gasteiger partial charge in [0.25, 0.3) is 0 Å². The fraction of sp³-hybridized carbons (Fsp3) is 0.722. The van der Waals surface area contributed by atoms with Crippen LogP contribution >= 0.6 is 12.4 Å². The fourth-order valence-corrected chi connectivity index (χ4v) is 3.91. The highest BCUT2D eigenvalue weighted by molar-refractivity contribution is 5.85. The second-order valence-electron chi connectivity index (χ2n) is 7.59. The summed E-state index contributed by atoms with van der Waals surface area (Å²) < 4.78 is 1.65. The van der Waals surface area contributed by atoms with Crippen molar-refractivity contribution in [2.24, 2.45) is 5.92 Å². The van der Waals surface area contributed by atoms with Crippen LogP contribution in [0.3, 0.4) is 0 Å². The van der Waals surface area contributed by atoms with Crippen molar-refractivity contribution in [3.8, 4) is 0 Å². The van der Waals surface area contributed by atoms with Crippen molar-refractivity contribution in [2.75, 3.05) is 26.2 Å². The molecule has 2 unspecified atom stereocenters. The molecule has 29 heavy (non-hydrogen) atoms. The van der Waals surface area contributed by atoms with E-state index in [1.165, 1.54) is 6.20 Å². The van der Waals surface area contributed by atoms with E-state index in [2.05, 4.69) is 15.6 Å². The van der Waals surface area contributed by atoms with E-state index >= 15 is 0 Å². The monoisotopic (exact) mass is 428 g/mol. The molecule has 162 valence electrons. The highest BCUT2D eigenvalue weighted by Crippen LogP contribution is 2.18. The molecule has 2 saturated heterocycles. The van der Waals surface area contributed by atoms with Gasteiger partial charge in [-0.15, -0.1) is 12.4 Å². The molecule has 3 heterocycles. The second kappa shape index (κ2) is 10.5. The molecule has 11 heteroatoms. The first-order valence-electron chi connectivity index (χ1n) is 9.91. The maximum Gasteiger partial charge on any atom is 0.381 e. The lowest BCUT2D eigenvalue weighted by Crippen LogP contribution is -2.46. The summed E-state index contributed by atoms with van der Waals surface area (Å²) in [6, 6.07) is -0.0798. The molecule has 10 nitrogen and oxygen atoms in total. The van der Waals surface area contributed by atoms with Crippen molar-refractivity contribution in [1.82, 2.24) is 25.1 Å². The number of imidazole rings is 1. The van der Waals surface area contributed by atoms with Crippen LogP contribution in [0.25, 0.3) is 0 Å². The molecule has 2 aliphatic rings. The highest BCUT2D eigenvalue weighted by Gasteiger charge is 2.26. The second-order valence-corrected chi connectivity index (χ2v) is 7.59. The Labute approximate surface area is 176 Å². The molecule has 0 aliphatic carbocycles. The largest absolute Gasteiger partial charge is 0.381 e. The van der Waals surface area contributed by atoms with Gasteiger partial charge in [-0.1, -0.05) is 0 Å². The maximum atomic E-state index is 12.6.